The highest BCUT2D eigenvalue weighted by atomic mass is 16.1. The van der Waals surface area contributed by atoms with Crippen molar-refractivity contribution < 1.29 is 0 Å². The lowest BCUT2D eigenvalue weighted by molar-refractivity contribution is 1.23. The van der Waals surface area contributed by atoms with E-state index in [9.17, 15) is 10.1 Å². The summed E-state index contributed by atoms with van der Waals surface area (Å²) in [6, 6.07) is 20.9. The van der Waals surface area contributed by atoms with Gasteiger partial charge in [-0.1, -0.05) is 60.2 Å². The Morgan fingerprint density at radius 3 is 2.27 bits per heavy atom. The van der Waals surface area contributed by atoms with Crippen LogP contribution in [0, 0.1) is 18.3 Å². The van der Waals surface area contributed by atoms with Crippen LogP contribution in [-0.4, -0.2) is 4.98 Å². The highest BCUT2D eigenvalue weighted by Gasteiger charge is 2.13. The Morgan fingerprint density at radius 2 is 1.64 bits per heavy atom. The van der Waals surface area contributed by atoms with Crippen molar-refractivity contribution >= 4 is 0 Å². The average molecular weight is 286 g/mol. The first kappa shape index (κ1) is 13.8. The molecule has 0 radical (unpaired) electrons. The number of aryl methyl sites for hydroxylation is 1. The van der Waals surface area contributed by atoms with E-state index in [4.69, 9.17) is 0 Å². The van der Waals surface area contributed by atoms with Gasteiger partial charge in [0.05, 0.1) is 11.3 Å². The quantitative estimate of drug-likeness (QED) is 0.777. The average Bonchev–Trinajstić information content (AvgIpc) is 2.55. The minimum absolute atomic E-state index is 0.214. The Kier molecular flexibility index (Phi) is 3.59. The summed E-state index contributed by atoms with van der Waals surface area (Å²) >= 11 is 0. The molecule has 3 rings (SSSR count). The molecule has 0 aliphatic carbocycles. The predicted molar refractivity (Wildman–Crippen MR) is 87.4 cm³/mol. The number of benzene rings is 2. The number of nitrogens with one attached hydrogen (secondary N) is 1. The molecular weight excluding hydrogens is 272 g/mol. The first-order chi connectivity index (χ1) is 10.7. The molecule has 0 fully saturated rings. The minimum Gasteiger partial charge on any atom is -0.321 e. The molecular formula is C19H14N2O. The number of hydrogen-bond acceptors (Lipinski definition) is 2. The molecule has 0 saturated heterocycles. The van der Waals surface area contributed by atoms with Crippen molar-refractivity contribution in [2.24, 2.45) is 0 Å². The Labute approximate surface area is 128 Å². The molecule has 3 nitrogen and oxygen atoms in total. The van der Waals surface area contributed by atoms with E-state index in [0.29, 0.717) is 16.8 Å². The zero-order chi connectivity index (χ0) is 15.5. The maximum atomic E-state index is 12.0. The lowest BCUT2D eigenvalue weighted by Crippen LogP contribution is -2.09. The molecule has 1 aromatic heterocycles. The summed E-state index contributed by atoms with van der Waals surface area (Å²) in [7, 11) is 0. The van der Waals surface area contributed by atoms with Crippen LogP contribution in [0.2, 0.25) is 0 Å². The SMILES string of the molecule is Cc1ccc(-c2cc(=O)[nH]c(-c3ccccc3)c2C#N)cc1. The second-order valence-corrected chi connectivity index (χ2v) is 5.14. The van der Waals surface area contributed by atoms with E-state index < -0.39 is 0 Å². The van der Waals surface area contributed by atoms with E-state index >= 15 is 0 Å². The van der Waals surface area contributed by atoms with Gasteiger partial charge in [0.2, 0.25) is 5.56 Å². The molecule has 0 amide bonds. The monoisotopic (exact) mass is 286 g/mol. The molecule has 0 atom stereocenters. The van der Waals surface area contributed by atoms with Crippen molar-refractivity contribution in [3.05, 3.63) is 82.1 Å². The smallest absolute Gasteiger partial charge is 0.249 e. The second-order valence-electron chi connectivity index (χ2n) is 5.14. The number of nitrogens with zero attached hydrogens (tertiary/aromatic N) is 1. The van der Waals surface area contributed by atoms with Crippen molar-refractivity contribution in [2.75, 3.05) is 0 Å². The fourth-order valence-corrected chi connectivity index (χ4v) is 2.46. The van der Waals surface area contributed by atoms with E-state index in [2.05, 4.69) is 11.1 Å². The molecule has 1 heterocycles. The lowest BCUT2D eigenvalue weighted by atomic mass is 9.96. The van der Waals surface area contributed by atoms with Gasteiger partial charge >= 0.3 is 0 Å². The van der Waals surface area contributed by atoms with Gasteiger partial charge < -0.3 is 4.98 Å². The maximum Gasteiger partial charge on any atom is 0.249 e. The highest BCUT2D eigenvalue weighted by Crippen LogP contribution is 2.29. The molecule has 0 saturated carbocycles. The standard InChI is InChI=1S/C19H14N2O/c1-13-7-9-14(10-8-13)16-11-18(22)21-19(17(16)12-20)15-5-3-2-4-6-15/h2-11H,1H3,(H,21,22). The van der Waals surface area contributed by atoms with Gasteiger partial charge in [-0.25, -0.2) is 0 Å². The van der Waals surface area contributed by atoms with Gasteiger partial charge in [-0.3, -0.25) is 4.79 Å². The van der Waals surface area contributed by atoms with Gasteiger partial charge in [-0.15, -0.1) is 0 Å². The lowest BCUT2D eigenvalue weighted by Gasteiger charge is -2.10. The van der Waals surface area contributed by atoms with E-state index in [1.54, 1.807) is 0 Å². The number of aromatic amines is 1. The molecule has 3 heteroatoms. The van der Waals surface area contributed by atoms with Crippen LogP contribution in [0.1, 0.15) is 11.1 Å². The third kappa shape index (κ3) is 2.55. The fraction of sp³-hybridized carbons (Fsp3) is 0.0526. The topological polar surface area (TPSA) is 56.6 Å². The van der Waals surface area contributed by atoms with Crippen LogP contribution in [0.5, 0.6) is 0 Å². The number of aromatic nitrogens is 1. The van der Waals surface area contributed by atoms with E-state index in [0.717, 1.165) is 16.7 Å². The van der Waals surface area contributed by atoms with E-state index in [1.165, 1.54) is 6.07 Å². The van der Waals surface area contributed by atoms with E-state index in [-0.39, 0.29) is 5.56 Å². The van der Waals surface area contributed by atoms with Crippen molar-refractivity contribution in [2.45, 2.75) is 6.92 Å². The minimum atomic E-state index is -0.214. The summed E-state index contributed by atoms with van der Waals surface area (Å²) in [5.41, 5.74) is 4.31. The predicted octanol–water partition coefficient (Wildman–Crippen LogP) is 3.89. The summed E-state index contributed by atoms with van der Waals surface area (Å²) in [5.74, 6) is 0. The van der Waals surface area contributed by atoms with Crippen LogP contribution < -0.4 is 5.56 Å². The van der Waals surface area contributed by atoms with Crippen LogP contribution in [0.3, 0.4) is 0 Å². The molecule has 1 N–H and O–H groups in total. The first-order valence-corrected chi connectivity index (χ1v) is 6.99. The molecule has 0 spiro atoms. The molecule has 22 heavy (non-hydrogen) atoms. The van der Waals surface area contributed by atoms with Crippen LogP contribution in [0.25, 0.3) is 22.4 Å². The van der Waals surface area contributed by atoms with Gasteiger partial charge in [0.25, 0.3) is 0 Å². The summed E-state index contributed by atoms with van der Waals surface area (Å²) < 4.78 is 0. The van der Waals surface area contributed by atoms with Crippen LogP contribution in [0.15, 0.2) is 65.5 Å². The Bertz CT molecular complexity index is 901. The molecule has 0 unspecified atom stereocenters. The summed E-state index contributed by atoms with van der Waals surface area (Å²) in [5, 5.41) is 9.60. The van der Waals surface area contributed by atoms with Gasteiger partial charge in [0.15, 0.2) is 0 Å². The van der Waals surface area contributed by atoms with Crippen molar-refractivity contribution in [1.29, 1.82) is 5.26 Å². The van der Waals surface area contributed by atoms with Crippen molar-refractivity contribution in [1.82, 2.24) is 4.98 Å². The Balaban J connectivity index is 2.28. The maximum absolute atomic E-state index is 12.0. The third-order valence-electron chi connectivity index (χ3n) is 3.58. The normalized spacial score (nSPS) is 10.2. The number of nitriles is 1. The van der Waals surface area contributed by atoms with E-state index in [1.807, 2.05) is 61.5 Å². The molecule has 2 aromatic carbocycles. The Hall–Kier alpha value is -3.12. The zero-order valence-electron chi connectivity index (χ0n) is 12.1. The number of hydrogen-bond donors (Lipinski definition) is 1. The molecule has 106 valence electrons. The number of pyridine rings is 1. The van der Waals surface area contributed by atoms with Crippen LogP contribution in [-0.2, 0) is 0 Å². The largest absolute Gasteiger partial charge is 0.321 e. The molecule has 0 aliphatic rings. The molecule has 0 bridgehead atoms. The van der Waals surface area contributed by atoms with Gasteiger partial charge in [0.1, 0.15) is 6.07 Å². The second kappa shape index (κ2) is 5.71. The van der Waals surface area contributed by atoms with Gasteiger partial charge in [-0.05, 0) is 18.1 Å². The number of rotatable bonds is 2. The summed E-state index contributed by atoms with van der Waals surface area (Å²) in [6.07, 6.45) is 0. The first-order valence-electron chi connectivity index (χ1n) is 6.99. The molecule has 3 aromatic rings. The van der Waals surface area contributed by atoms with Crippen LogP contribution in [0.4, 0.5) is 0 Å². The third-order valence-corrected chi connectivity index (χ3v) is 3.58. The molecule has 0 aliphatic heterocycles. The van der Waals surface area contributed by atoms with Crippen molar-refractivity contribution in [3.8, 4) is 28.5 Å². The number of H-pyrrole nitrogens is 1. The summed E-state index contributed by atoms with van der Waals surface area (Å²) in [4.78, 5) is 14.8. The fourth-order valence-electron chi connectivity index (χ4n) is 2.46. The zero-order valence-corrected chi connectivity index (χ0v) is 12.1. The van der Waals surface area contributed by atoms with Gasteiger partial charge in [0, 0.05) is 11.6 Å². The highest BCUT2D eigenvalue weighted by molar-refractivity contribution is 5.79. The van der Waals surface area contributed by atoms with Crippen LogP contribution >= 0.6 is 0 Å². The summed E-state index contributed by atoms with van der Waals surface area (Å²) in [6.45, 7) is 2.00. The van der Waals surface area contributed by atoms with Gasteiger partial charge in [-0.2, -0.15) is 5.26 Å². The Morgan fingerprint density at radius 1 is 0.955 bits per heavy atom. The van der Waals surface area contributed by atoms with Crippen molar-refractivity contribution in [3.63, 3.8) is 0 Å².